The van der Waals surface area contributed by atoms with Crippen LogP contribution >= 0.6 is 0 Å². The van der Waals surface area contributed by atoms with E-state index in [0.717, 1.165) is 16.9 Å². The summed E-state index contributed by atoms with van der Waals surface area (Å²) in [5.41, 5.74) is 3.12. The van der Waals surface area contributed by atoms with Gasteiger partial charge in [0.05, 0.1) is 0 Å². The van der Waals surface area contributed by atoms with Gasteiger partial charge in [-0.3, -0.25) is 4.57 Å². The van der Waals surface area contributed by atoms with Crippen LogP contribution in [0.5, 0.6) is 0 Å². The number of hydrogen-bond acceptors (Lipinski definition) is 3. The Balaban J connectivity index is 1.49. The molecule has 1 unspecified atom stereocenters. The molecular weight excluding hydrogens is 310 g/mol. The van der Waals surface area contributed by atoms with Crippen molar-refractivity contribution in [2.45, 2.75) is 44.1 Å². The zero-order valence-corrected chi connectivity index (χ0v) is 14.3. The minimum absolute atomic E-state index is 0.648. The molecular formula is C21H23N3O. The van der Waals surface area contributed by atoms with Crippen LogP contribution in [0.15, 0.2) is 61.3 Å². The summed E-state index contributed by atoms with van der Waals surface area (Å²) in [5.74, 6) is 1.48. The van der Waals surface area contributed by atoms with Crippen LogP contribution in [0.25, 0.3) is 5.82 Å². The molecule has 2 heterocycles. The third-order valence-electron chi connectivity index (χ3n) is 5.18. The van der Waals surface area contributed by atoms with Gasteiger partial charge in [0.15, 0.2) is 0 Å². The Morgan fingerprint density at radius 1 is 0.960 bits per heavy atom. The van der Waals surface area contributed by atoms with Crippen LogP contribution in [0.3, 0.4) is 0 Å². The summed E-state index contributed by atoms with van der Waals surface area (Å²) in [6, 6.07) is 12.3. The molecule has 0 spiro atoms. The summed E-state index contributed by atoms with van der Waals surface area (Å²) in [6.07, 6.45) is 13.0. The highest BCUT2D eigenvalue weighted by Crippen LogP contribution is 2.33. The number of pyridine rings is 1. The highest BCUT2D eigenvalue weighted by atomic mass is 16.3. The molecule has 0 aliphatic heterocycles. The summed E-state index contributed by atoms with van der Waals surface area (Å²) in [7, 11) is 0. The van der Waals surface area contributed by atoms with Crippen molar-refractivity contribution < 1.29 is 5.11 Å². The number of aliphatic hydroxyl groups is 1. The van der Waals surface area contributed by atoms with E-state index in [0.29, 0.717) is 5.92 Å². The van der Waals surface area contributed by atoms with Gasteiger partial charge < -0.3 is 5.11 Å². The van der Waals surface area contributed by atoms with E-state index >= 15 is 0 Å². The molecule has 1 aromatic carbocycles. The van der Waals surface area contributed by atoms with Crippen LogP contribution < -0.4 is 0 Å². The Morgan fingerprint density at radius 3 is 2.36 bits per heavy atom. The molecule has 4 heteroatoms. The molecule has 1 atom stereocenters. The van der Waals surface area contributed by atoms with Crippen molar-refractivity contribution in [2.24, 2.45) is 0 Å². The molecule has 2 aromatic heterocycles. The summed E-state index contributed by atoms with van der Waals surface area (Å²) in [6.45, 7) is 0. The third kappa shape index (κ3) is 3.49. The topological polar surface area (TPSA) is 50.9 Å². The lowest BCUT2D eigenvalue weighted by Crippen LogP contribution is -2.06. The van der Waals surface area contributed by atoms with Gasteiger partial charge in [-0.1, -0.05) is 49.6 Å². The van der Waals surface area contributed by atoms with Crippen LogP contribution in [-0.2, 0) is 0 Å². The summed E-state index contributed by atoms with van der Waals surface area (Å²) < 4.78 is 1.84. The number of nitrogens with zero attached hydrogens (tertiary/aromatic N) is 3. The van der Waals surface area contributed by atoms with Gasteiger partial charge >= 0.3 is 0 Å². The molecule has 0 bridgehead atoms. The fourth-order valence-electron chi connectivity index (χ4n) is 3.69. The molecule has 0 radical (unpaired) electrons. The van der Waals surface area contributed by atoms with E-state index in [1.807, 2.05) is 22.9 Å². The Kier molecular flexibility index (Phi) is 4.61. The largest absolute Gasteiger partial charge is 0.384 e. The summed E-state index contributed by atoms with van der Waals surface area (Å²) in [4.78, 5) is 8.45. The lowest BCUT2D eigenvalue weighted by molar-refractivity contribution is 0.220. The predicted octanol–water partition coefficient (Wildman–Crippen LogP) is 4.40. The number of aromatic nitrogens is 3. The van der Waals surface area contributed by atoms with E-state index in [2.05, 4.69) is 34.2 Å². The highest BCUT2D eigenvalue weighted by molar-refractivity contribution is 5.34. The summed E-state index contributed by atoms with van der Waals surface area (Å²) in [5, 5.41) is 10.7. The lowest BCUT2D eigenvalue weighted by Gasteiger charge is -2.22. The fraction of sp³-hybridized carbons (Fsp3) is 0.333. The summed E-state index contributed by atoms with van der Waals surface area (Å²) >= 11 is 0. The van der Waals surface area contributed by atoms with Crippen LogP contribution in [-0.4, -0.2) is 19.6 Å². The van der Waals surface area contributed by atoms with Gasteiger partial charge in [-0.15, -0.1) is 0 Å². The molecule has 1 aliphatic rings. The number of aliphatic hydroxyl groups excluding tert-OH is 1. The van der Waals surface area contributed by atoms with Crippen molar-refractivity contribution in [2.75, 3.05) is 0 Å². The SMILES string of the molecule is OC(c1ccc(C2CCCCC2)cc1)c1ccc(-n2ccnc2)nc1. The monoisotopic (exact) mass is 333 g/mol. The smallest absolute Gasteiger partial charge is 0.137 e. The van der Waals surface area contributed by atoms with Crippen molar-refractivity contribution in [1.29, 1.82) is 0 Å². The average Bonchev–Trinajstić information content (AvgIpc) is 3.23. The Labute approximate surface area is 148 Å². The van der Waals surface area contributed by atoms with Crippen LogP contribution in [0.1, 0.15) is 60.8 Å². The quantitative estimate of drug-likeness (QED) is 0.770. The first-order valence-electron chi connectivity index (χ1n) is 9.03. The lowest BCUT2D eigenvalue weighted by atomic mass is 9.83. The minimum atomic E-state index is -0.648. The maximum Gasteiger partial charge on any atom is 0.137 e. The second-order valence-electron chi connectivity index (χ2n) is 6.82. The molecule has 4 nitrogen and oxygen atoms in total. The first-order chi connectivity index (χ1) is 12.3. The second kappa shape index (κ2) is 7.19. The highest BCUT2D eigenvalue weighted by Gasteiger charge is 2.16. The number of benzene rings is 1. The molecule has 1 saturated carbocycles. The Hall–Kier alpha value is -2.46. The molecule has 0 saturated heterocycles. The molecule has 3 aromatic rings. The normalized spacial score (nSPS) is 16.7. The van der Waals surface area contributed by atoms with Gasteiger partial charge in [0.25, 0.3) is 0 Å². The van der Waals surface area contributed by atoms with E-state index in [1.54, 1.807) is 18.7 Å². The van der Waals surface area contributed by atoms with Gasteiger partial charge in [-0.2, -0.15) is 0 Å². The van der Waals surface area contributed by atoms with Gasteiger partial charge in [-0.05, 0) is 36.0 Å². The van der Waals surface area contributed by atoms with E-state index < -0.39 is 6.10 Å². The average molecular weight is 333 g/mol. The first-order valence-corrected chi connectivity index (χ1v) is 9.03. The van der Waals surface area contributed by atoms with Crippen molar-refractivity contribution in [3.8, 4) is 5.82 Å². The molecule has 25 heavy (non-hydrogen) atoms. The first kappa shape index (κ1) is 16.0. The van der Waals surface area contributed by atoms with Gasteiger partial charge in [-0.25, -0.2) is 9.97 Å². The zero-order chi connectivity index (χ0) is 17.1. The van der Waals surface area contributed by atoms with Gasteiger partial charge in [0.1, 0.15) is 18.2 Å². The van der Waals surface area contributed by atoms with E-state index in [4.69, 9.17) is 0 Å². The maximum atomic E-state index is 10.7. The molecule has 4 rings (SSSR count). The third-order valence-corrected chi connectivity index (χ3v) is 5.18. The minimum Gasteiger partial charge on any atom is -0.384 e. The van der Waals surface area contributed by atoms with Crippen molar-refractivity contribution in [3.05, 3.63) is 78.0 Å². The predicted molar refractivity (Wildman–Crippen MR) is 97.7 cm³/mol. The van der Waals surface area contributed by atoms with Crippen LogP contribution in [0.4, 0.5) is 0 Å². The van der Waals surface area contributed by atoms with Crippen molar-refractivity contribution in [1.82, 2.24) is 14.5 Å². The number of imidazole rings is 1. The van der Waals surface area contributed by atoms with E-state index in [1.165, 1.54) is 37.7 Å². The fourth-order valence-corrected chi connectivity index (χ4v) is 3.69. The zero-order valence-electron chi connectivity index (χ0n) is 14.3. The number of hydrogen-bond donors (Lipinski definition) is 1. The number of rotatable bonds is 4. The molecule has 1 aliphatic carbocycles. The van der Waals surface area contributed by atoms with E-state index in [-0.39, 0.29) is 0 Å². The Morgan fingerprint density at radius 2 is 1.72 bits per heavy atom. The van der Waals surface area contributed by atoms with Crippen LogP contribution in [0, 0.1) is 0 Å². The van der Waals surface area contributed by atoms with Crippen molar-refractivity contribution >= 4 is 0 Å². The molecule has 1 fully saturated rings. The van der Waals surface area contributed by atoms with Gasteiger partial charge in [0, 0.05) is 24.2 Å². The van der Waals surface area contributed by atoms with Crippen molar-refractivity contribution in [3.63, 3.8) is 0 Å². The Bertz CT molecular complexity index is 788. The molecule has 0 amide bonds. The molecule has 128 valence electrons. The standard InChI is InChI=1S/C21H23N3O/c25-21(19-10-11-20(23-14-19)24-13-12-22-15-24)18-8-6-17(7-9-18)16-4-2-1-3-5-16/h6-16,21,25H,1-5H2. The maximum absolute atomic E-state index is 10.7. The molecule has 1 N–H and O–H groups in total. The van der Waals surface area contributed by atoms with E-state index in [9.17, 15) is 5.11 Å². The second-order valence-corrected chi connectivity index (χ2v) is 6.82. The van der Waals surface area contributed by atoms with Crippen LogP contribution in [0.2, 0.25) is 0 Å². The van der Waals surface area contributed by atoms with Gasteiger partial charge in [0.2, 0.25) is 0 Å².